The minimum atomic E-state index is -0.599. The highest BCUT2D eigenvalue weighted by Gasteiger charge is 2.32. The molecule has 2 amide bonds. The molecule has 0 saturated carbocycles. The minimum absolute atomic E-state index is 0.0873. The number of amides is 2. The smallest absolute Gasteiger partial charge is 0.414 e. The van der Waals surface area contributed by atoms with Crippen LogP contribution in [0.5, 0.6) is 0 Å². The topological polar surface area (TPSA) is 106 Å². The van der Waals surface area contributed by atoms with E-state index in [4.69, 9.17) is 4.74 Å². The summed E-state index contributed by atoms with van der Waals surface area (Å²) < 4.78 is 21.5. The van der Waals surface area contributed by atoms with Crippen LogP contribution in [0.3, 0.4) is 0 Å². The number of cyclic esters (lactones) is 1. The van der Waals surface area contributed by atoms with E-state index < -0.39 is 18.0 Å². The number of hydrogen-bond acceptors (Lipinski definition) is 6. The molecule has 9 nitrogen and oxygen atoms in total. The maximum atomic E-state index is 14.9. The molecule has 3 heterocycles. The largest absolute Gasteiger partial charge is 0.442 e. The van der Waals surface area contributed by atoms with Crippen LogP contribution in [0.4, 0.5) is 14.9 Å². The van der Waals surface area contributed by atoms with Crippen LogP contribution >= 0.6 is 0 Å². The van der Waals surface area contributed by atoms with Gasteiger partial charge in [0.15, 0.2) is 11.4 Å². The molecular formula is C20H18FN5O4. The quantitative estimate of drug-likeness (QED) is 0.645. The van der Waals surface area contributed by atoms with Crippen molar-refractivity contribution in [2.24, 2.45) is 0 Å². The maximum Gasteiger partial charge on any atom is 0.414 e. The van der Waals surface area contributed by atoms with E-state index >= 15 is 0 Å². The van der Waals surface area contributed by atoms with E-state index in [1.165, 1.54) is 29.3 Å². The molecule has 1 fully saturated rings. The Balaban J connectivity index is 1.57. The zero-order chi connectivity index (χ0) is 21.4. The van der Waals surface area contributed by atoms with Crippen LogP contribution in [-0.2, 0) is 9.53 Å². The highest BCUT2D eigenvalue weighted by atomic mass is 19.1. The van der Waals surface area contributed by atoms with Crippen LogP contribution in [0.15, 0.2) is 36.5 Å². The first-order valence-electron chi connectivity index (χ1n) is 9.21. The SMILES string of the molecule is CC(=O)NC[C@H]1CN(c2ccc(-c3ccc4nc(C(C)=O)nn4c3)c(F)c2)C(=O)O1. The molecule has 0 radical (unpaired) electrons. The zero-order valence-corrected chi connectivity index (χ0v) is 16.3. The fraction of sp³-hybridized carbons (Fsp3) is 0.250. The van der Waals surface area contributed by atoms with Gasteiger partial charge in [-0.3, -0.25) is 14.5 Å². The van der Waals surface area contributed by atoms with Gasteiger partial charge in [0.1, 0.15) is 11.9 Å². The lowest BCUT2D eigenvalue weighted by Crippen LogP contribution is -2.33. The molecule has 10 heteroatoms. The lowest BCUT2D eigenvalue weighted by atomic mass is 10.1. The van der Waals surface area contributed by atoms with Gasteiger partial charge in [0.05, 0.1) is 18.8 Å². The van der Waals surface area contributed by atoms with E-state index in [-0.39, 0.29) is 30.6 Å². The first-order valence-corrected chi connectivity index (χ1v) is 9.21. The van der Waals surface area contributed by atoms with Crippen LogP contribution in [-0.4, -0.2) is 51.6 Å². The predicted molar refractivity (Wildman–Crippen MR) is 105 cm³/mol. The molecular weight excluding hydrogens is 393 g/mol. The van der Waals surface area contributed by atoms with E-state index in [0.29, 0.717) is 22.5 Å². The number of ether oxygens (including phenoxy) is 1. The number of aromatic nitrogens is 3. The fourth-order valence-corrected chi connectivity index (χ4v) is 3.19. The summed E-state index contributed by atoms with van der Waals surface area (Å²) >= 11 is 0. The fourth-order valence-electron chi connectivity index (χ4n) is 3.19. The monoisotopic (exact) mass is 411 g/mol. The average Bonchev–Trinajstić information content (AvgIpc) is 3.29. The van der Waals surface area contributed by atoms with Crippen molar-refractivity contribution in [3.8, 4) is 11.1 Å². The molecule has 1 aliphatic rings. The highest BCUT2D eigenvalue weighted by molar-refractivity contribution is 5.91. The second kappa shape index (κ2) is 7.54. The van der Waals surface area contributed by atoms with Gasteiger partial charge in [0.2, 0.25) is 11.7 Å². The van der Waals surface area contributed by atoms with Gasteiger partial charge in [-0.25, -0.2) is 18.7 Å². The van der Waals surface area contributed by atoms with E-state index in [2.05, 4.69) is 15.4 Å². The lowest BCUT2D eigenvalue weighted by molar-refractivity contribution is -0.119. The standard InChI is InChI=1S/C20H18FN5O4/c1-11(27)19-23-18-6-3-13(9-26(18)24-19)16-5-4-14(7-17(16)21)25-10-15(30-20(25)29)8-22-12(2)28/h3-7,9,15H,8,10H2,1-2H3,(H,22,28)/t15-/m0/s1. The van der Waals surface area contributed by atoms with Crippen LogP contribution in [0.2, 0.25) is 0 Å². The van der Waals surface area contributed by atoms with Gasteiger partial charge in [-0.15, -0.1) is 5.10 Å². The van der Waals surface area contributed by atoms with Gasteiger partial charge in [-0.2, -0.15) is 0 Å². The van der Waals surface area contributed by atoms with Gasteiger partial charge >= 0.3 is 6.09 Å². The van der Waals surface area contributed by atoms with Crippen LogP contribution < -0.4 is 10.2 Å². The second-order valence-corrected chi connectivity index (χ2v) is 6.93. The van der Waals surface area contributed by atoms with Crippen LogP contribution in [0.1, 0.15) is 24.5 Å². The predicted octanol–water partition coefficient (Wildman–Crippen LogP) is 2.20. The number of Topliss-reactive ketones (excluding diaryl/α,β-unsaturated/α-hetero) is 1. The Labute approximate surface area is 170 Å². The van der Waals surface area contributed by atoms with E-state index in [1.807, 2.05) is 0 Å². The summed E-state index contributed by atoms with van der Waals surface area (Å²) in [6.45, 7) is 3.15. The summed E-state index contributed by atoms with van der Waals surface area (Å²) in [4.78, 5) is 40.0. The number of anilines is 1. The Bertz CT molecular complexity index is 1180. The Morgan fingerprint density at radius 1 is 1.27 bits per heavy atom. The number of pyridine rings is 1. The molecule has 4 rings (SSSR count). The molecule has 1 N–H and O–H groups in total. The molecule has 0 aliphatic carbocycles. The number of ketones is 1. The Morgan fingerprint density at radius 3 is 2.77 bits per heavy atom. The van der Waals surface area contributed by atoms with Crippen molar-refractivity contribution in [2.45, 2.75) is 20.0 Å². The number of nitrogens with zero attached hydrogens (tertiary/aromatic N) is 4. The lowest BCUT2D eigenvalue weighted by Gasteiger charge is -2.14. The first-order chi connectivity index (χ1) is 14.3. The molecule has 30 heavy (non-hydrogen) atoms. The van der Waals surface area contributed by atoms with Crippen molar-refractivity contribution in [2.75, 3.05) is 18.0 Å². The maximum absolute atomic E-state index is 14.9. The summed E-state index contributed by atoms with van der Waals surface area (Å²) in [5.74, 6) is -0.925. The van der Waals surface area contributed by atoms with Crippen molar-refractivity contribution < 1.29 is 23.5 Å². The molecule has 154 valence electrons. The Morgan fingerprint density at radius 2 is 2.07 bits per heavy atom. The van der Waals surface area contributed by atoms with Gasteiger partial charge in [-0.05, 0) is 30.3 Å². The number of carbonyl (C=O) groups is 3. The average molecular weight is 411 g/mol. The van der Waals surface area contributed by atoms with Crippen molar-refractivity contribution >= 4 is 29.1 Å². The second-order valence-electron chi connectivity index (χ2n) is 6.93. The number of halogens is 1. The zero-order valence-electron chi connectivity index (χ0n) is 16.3. The molecule has 1 aliphatic heterocycles. The van der Waals surface area contributed by atoms with Crippen LogP contribution in [0.25, 0.3) is 16.8 Å². The molecule has 1 saturated heterocycles. The normalized spacial score (nSPS) is 16.0. The van der Waals surface area contributed by atoms with Crippen molar-refractivity contribution in [1.82, 2.24) is 19.9 Å². The minimum Gasteiger partial charge on any atom is -0.442 e. The number of rotatable bonds is 5. The molecule has 3 aromatic rings. The molecule has 0 bridgehead atoms. The number of nitrogens with one attached hydrogen (secondary N) is 1. The Kier molecular flexibility index (Phi) is 4.90. The van der Waals surface area contributed by atoms with Crippen LogP contribution in [0, 0.1) is 5.82 Å². The van der Waals surface area contributed by atoms with Crippen molar-refractivity contribution in [3.05, 3.63) is 48.2 Å². The third kappa shape index (κ3) is 3.71. The summed E-state index contributed by atoms with van der Waals surface area (Å²) in [5, 5.41) is 6.68. The van der Waals surface area contributed by atoms with E-state index in [1.54, 1.807) is 30.5 Å². The van der Waals surface area contributed by atoms with Gasteiger partial charge in [0.25, 0.3) is 0 Å². The Hall–Kier alpha value is -3.82. The molecule has 2 aromatic heterocycles. The molecule has 1 aromatic carbocycles. The van der Waals surface area contributed by atoms with E-state index in [9.17, 15) is 18.8 Å². The number of benzene rings is 1. The number of fused-ring (bicyclic) bond motifs is 1. The van der Waals surface area contributed by atoms with E-state index in [0.717, 1.165) is 0 Å². The summed E-state index contributed by atoms with van der Waals surface area (Å²) in [6, 6.07) is 7.76. The highest BCUT2D eigenvalue weighted by Crippen LogP contribution is 2.29. The van der Waals surface area contributed by atoms with Gasteiger partial charge in [-0.1, -0.05) is 0 Å². The summed E-state index contributed by atoms with van der Waals surface area (Å²) in [5.41, 5.74) is 1.68. The van der Waals surface area contributed by atoms with Crippen molar-refractivity contribution in [3.63, 3.8) is 0 Å². The summed E-state index contributed by atoms with van der Waals surface area (Å²) in [6.07, 6.45) is 0.480. The molecule has 1 atom stereocenters. The third-order valence-electron chi connectivity index (χ3n) is 4.67. The summed E-state index contributed by atoms with van der Waals surface area (Å²) in [7, 11) is 0. The first kappa shape index (κ1) is 19.5. The third-order valence-corrected chi connectivity index (χ3v) is 4.67. The van der Waals surface area contributed by atoms with Crippen molar-refractivity contribution in [1.29, 1.82) is 0 Å². The van der Waals surface area contributed by atoms with Gasteiger partial charge < -0.3 is 10.1 Å². The number of hydrogen-bond donors (Lipinski definition) is 1. The van der Waals surface area contributed by atoms with Gasteiger partial charge in [0, 0.05) is 31.2 Å². The molecule has 0 unspecified atom stereocenters. The molecule has 0 spiro atoms. The number of carbonyl (C=O) groups excluding carboxylic acids is 3.